The van der Waals surface area contributed by atoms with E-state index in [0.29, 0.717) is 49.8 Å². The fourth-order valence-electron chi connectivity index (χ4n) is 4.58. The summed E-state index contributed by atoms with van der Waals surface area (Å²) in [5.74, 6) is 0.776. The van der Waals surface area contributed by atoms with E-state index in [0.717, 1.165) is 6.42 Å². The van der Waals surface area contributed by atoms with Crippen molar-refractivity contribution in [3.63, 3.8) is 0 Å². The fourth-order valence-corrected chi connectivity index (χ4v) is 5.52. The summed E-state index contributed by atoms with van der Waals surface area (Å²) < 4.78 is 40.3. The Balaban J connectivity index is 1.67. The molecule has 1 fully saturated rings. The molecule has 0 unspecified atom stereocenters. The average molecular weight is 544 g/mol. The first-order valence-electron chi connectivity index (χ1n) is 12.3. The van der Waals surface area contributed by atoms with Gasteiger partial charge in [0.2, 0.25) is 5.88 Å². The predicted octanol–water partition coefficient (Wildman–Crippen LogP) is 2.40. The number of sulfonamides is 1. The Bertz CT molecular complexity index is 1410. The van der Waals surface area contributed by atoms with Gasteiger partial charge < -0.3 is 20.1 Å². The molecule has 0 aromatic carbocycles. The maximum absolute atomic E-state index is 13.3. The van der Waals surface area contributed by atoms with Crippen LogP contribution < -0.4 is 20.1 Å². The zero-order valence-corrected chi connectivity index (χ0v) is 22.7. The molecule has 4 rings (SSSR count). The number of carbonyl (C=O) groups is 1. The maximum atomic E-state index is 13.3. The molecule has 12 nitrogen and oxygen atoms in total. The molecule has 0 bridgehead atoms. The van der Waals surface area contributed by atoms with E-state index in [4.69, 9.17) is 20.2 Å². The van der Waals surface area contributed by atoms with Crippen molar-refractivity contribution >= 4 is 27.6 Å². The molecule has 1 atom stereocenters. The number of aromatic nitrogens is 4. The number of anilines is 2. The Morgan fingerprint density at radius 2 is 1.97 bits per heavy atom. The lowest BCUT2D eigenvalue weighted by atomic mass is 9.97. The van der Waals surface area contributed by atoms with E-state index < -0.39 is 15.9 Å². The Kier molecular flexibility index (Phi) is 7.88. The zero-order valence-electron chi connectivity index (χ0n) is 21.9. The van der Waals surface area contributed by atoms with Crippen LogP contribution in [-0.4, -0.2) is 66.0 Å². The van der Waals surface area contributed by atoms with Crippen molar-refractivity contribution in [2.75, 3.05) is 37.0 Å². The third-order valence-electron chi connectivity index (χ3n) is 6.16. The first-order valence-corrected chi connectivity index (χ1v) is 13.8. The van der Waals surface area contributed by atoms with Crippen molar-refractivity contribution in [2.45, 2.75) is 44.7 Å². The van der Waals surface area contributed by atoms with Crippen LogP contribution in [0.25, 0.3) is 5.82 Å². The summed E-state index contributed by atoms with van der Waals surface area (Å²) in [6, 6.07) is 9.05. The van der Waals surface area contributed by atoms with E-state index in [2.05, 4.69) is 35.6 Å². The Morgan fingerprint density at radius 1 is 1.18 bits per heavy atom. The van der Waals surface area contributed by atoms with Gasteiger partial charge in [-0.25, -0.2) is 19.4 Å². The first-order chi connectivity index (χ1) is 18.0. The molecule has 0 aliphatic carbocycles. The highest BCUT2D eigenvalue weighted by atomic mass is 32.2. The predicted molar refractivity (Wildman–Crippen MR) is 142 cm³/mol. The molecule has 1 aliphatic rings. The van der Waals surface area contributed by atoms with Crippen LogP contribution in [0.15, 0.2) is 47.6 Å². The third kappa shape index (κ3) is 6.05. The lowest BCUT2D eigenvalue weighted by Crippen LogP contribution is -2.41. The maximum Gasteiger partial charge on any atom is 0.281 e. The van der Waals surface area contributed by atoms with Crippen molar-refractivity contribution in [1.82, 2.24) is 24.5 Å². The van der Waals surface area contributed by atoms with Gasteiger partial charge in [0, 0.05) is 31.0 Å². The smallest absolute Gasteiger partial charge is 0.281 e. The van der Waals surface area contributed by atoms with Gasteiger partial charge in [-0.05, 0) is 57.4 Å². The summed E-state index contributed by atoms with van der Waals surface area (Å²) in [5.41, 5.74) is 5.43. The number of hydrogen-bond donors (Lipinski definition) is 2. The van der Waals surface area contributed by atoms with Gasteiger partial charge in [0.25, 0.3) is 15.9 Å². The molecule has 0 spiro atoms. The van der Waals surface area contributed by atoms with Crippen LogP contribution in [0.5, 0.6) is 5.88 Å². The van der Waals surface area contributed by atoms with Gasteiger partial charge in [0.15, 0.2) is 10.8 Å². The highest BCUT2D eigenvalue weighted by Gasteiger charge is 2.39. The average Bonchev–Trinajstić information content (AvgIpc) is 3.44. The van der Waals surface area contributed by atoms with Crippen molar-refractivity contribution in [3.05, 3.63) is 48.2 Å². The van der Waals surface area contributed by atoms with Gasteiger partial charge in [-0.3, -0.25) is 4.79 Å². The number of rotatable bonds is 10. The molecule has 1 saturated heterocycles. The van der Waals surface area contributed by atoms with Crippen molar-refractivity contribution < 1.29 is 22.7 Å². The standard InChI is InChI=1S/C25H33N7O5S/c1-5-36-13-14-37-21-11-12-32(29-21)20-10-9-18(23(28-20)31-16-17(2)15-25(31,3)4)24(33)30-38(34,35)22-8-6-7-19(26)27-22/h6-12,17H,5,13-16H2,1-4H3,(H2,26,27)(H,30,33)/t17-/m0/s1. The van der Waals surface area contributed by atoms with Crippen molar-refractivity contribution in [2.24, 2.45) is 5.92 Å². The van der Waals surface area contributed by atoms with Crippen LogP contribution >= 0.6 is 0 Å². The second-order valence-corrected chi connectivity index (χ2v) is 11.4. The van der Waals surface area contributed by atoms with E-state index >= 15 is 0 Å². The molecular weight excluding hydrogens is 510 g/mol. The molecule has 3 aromatic heterocycles. The van der Waals surface area contributed by atoms with Crippen LogP contribution in [-0.2, 0) is 14.8 Å². The molecule has 0 saturated carbocycles. The number of nitrogens with two attached hydrogens (primary N) is 1. The number of pyridine rings is 2. The topological polar surface area (TPSA) is 155 Å². The number of amides is 1. The quantitative estimate of drug-likeness (QED) is 0.364. The summed E-state index contributed by atoms with van der Waals surface area (Å²) in [6.07, 6.45) is 2.58. The summed E-state index contributed by atoms with van der Waals surface area (Å²) in [6.45, 7) is 10.2. The van der Waals surface area contributed by atoms with Crippen LogP contribution in [0, 0.1) is 5.92 Å². The number of carbonyl (C=O) groups excluding carboxylic acids is 1. The first kappa shape index (κ1) is 27.3. The Hall–Kier alpha value is -3.71. The molecule has 1 aliphatic heterocycles. The van der Waals surface area contributed by atoms with Gasteiger partial charge in [-0.1, -0.05) is 13.0 Å². The second kappa shape index (κ2) is 11.0. The molecule has 13 heteroatoms. The molecule has 1 amide bonds. The van der Waals surface area contributed by atoms with Crippen LogP contribution in [0.4, 0.5) is 11.6 Å². The minimum absolute atomic E-state index is 0.0281. The zero-order chi connectivity index (χ0) is 27.5. The van der Waals surface area contributed by atoms with Crippen molar-refractivity contribution in [3.8, 4) is 11.7 Å². The number of nitrogen functional groups attached to an aromatic ring is 1. The van der Waals surface area contributed by atoms with E-state index in [-0.39, 0.29) is 21.9 Å². The molecular formula is C25H33N7O5S. The second-order valence-electron chi connectivity index (χ2n) is 9.75. The highest BCUT2D eigenvalue weighted by Crippen LogP contribution is 2.37. The van der Waals surface area contributed by atoms with Crippen LogP contribution in [0.2, 0.25) is 0 Å². The normalized spacial score (nSPS) is 16.9. The monoisotopic (exact) mass is 543 g/mol. The minimum atomic E-state index is -4.26. The third-order valence-corrected chi connectivity index (χ3v) is 7.39. The van der Waals surface area contributed by atoms with Gasteiger partial charge in [0.05, 0.1) is 12.2 Å². The molecule has 204 valence electrons. The lowest BCUT2D eigenvalue weighted by Gasteiger charge is -2.34. The number of nitrogens with zero attached hydrogens (tertiary/aromatic N) is 5. The SMILES string of the molecule is CCOCCOc1ccn(-c2ccc(C(=O)NS(=O)(=O)c3cccc(N)n3)c(N3C[C@@H](C)CC3(C)C)n2)n1. The highest BCUT2D eigenvalue weighted by molar-refractivity contribution is 7.90. The number of ether oxygens (including phenoxy) is 2. The van der Waals surface area contributed by atoms with Gasteiger partial charge >= 0.3 is 0 Å². The summed E-state index contributed by atoms with van der Waals surface area (Å²) >= 11 is 0. The molecule has 4 heterocycles. The van der Waals surface area contributed by atoms with E-state index in [1.54, 1.807) is 29.1 Å². The molecule has 38 heavy (non-hydrogen) atoms. The summed E-state index contributed by atoms with van der Waals surface area (Å²) in [7, 11) is -4.26. The van der Waals surface area contributed by atoms with Gasteiger partial charge in [-0.15, -0.1) is 5.10 Å². The van der Waals surface area contributed by atoms with E-state index in [1.165, 1.54) is 18.2 Å². The number of hydrogen-bond acceptors (Lipinski definition) is 10. The molecule has 3 aromatic rings. The fraction of sp³-hybridized carbons (Fsp3) is 0.440. The van der Waals surface area contributed by atoms with Crippen LogP contribution in [0.1, 0.15) is 44.5 Å². The van der Waals surface area contributed by atoms with Gasteiger partial charge in [0.1, 0.15) is 18.2 Å². The molecule has 3 N–H and O–H groups in total. The van der Waals surface area contributed by atoms with Crippen molar-refractivity contribution in [1.29, 1.82) is 0 Å². The van der Waals surface area contributed by atoms with Crippen LogP contribution in [0.3, 0.4) is 0 Å². The molecule has 0 radical (unpaired) electrons. The largest absolute Gasteiger partial charge is 0.474 e. The Morgan fingerprint density at radius 3 is 2.66 bits per heavy atom. The van der Waals surface area contributed by atoms with E-state index in [1.807, 2.05) is 11.8 Å². The number of nitrogens with one attached hydrogen (secondary N) is 1. The van der Waals surface area contributed by atoms with Gasteiger partial charge in [-0.2, -0.15) is 8.42 Å². The minimum Gasteiger partial charge on any atom is -0.474 e. The summed E-state index contributed by atoms with van der Waals surface area (Å²) in [4.78, 5) is 24.0. The van der Waals surface area contributed by atoms with E-state index in [9.17, 15) is 13.2 Å². The summed E-state index contributed by atoms with van der Waals surface area (Å²) in [5, 5.41) is 4.07. The lowest BCUT2D eigenvalue weighted by molar-refractivity contribution is 0.0981. The Labute approximate surface area is 222 Å².